The van der Waals surface area contributed by atoms with Crippen molar-refractivity contribution in [1.29, 1.82) is 0 Å². The molecule has 4 aliphatic rings. The van der Waals surface area contributed by atoms with Gasteiger partial charge in [-0.3, -0.25) is 19.2 Å². The highest BCUT2D eigenvalue weighted by Crippen LogP contribution is 2.60. The van der Waals surface area contributed by atoms with Gasteiger partial charge in [-0.1, -0.05) is 49.4 Å². The number of carbonyl (C=O) groups is 4. The topological polar surface area (TPSA) is 329 Å². The van der Waals surface area contributed by atoms with Crippen molar-refractivity contribution < 1.29 is 84.1 Å². The van der Waals surface area contributed by atoms with E-state index < -0.39 is 117 Å². The molecule has 21 nitrogen and oxygen atoms in total. The van der Waals surface area contributed by atoms with Gasteiger partial charge in [-0.05, 0) is 54.6 Å². The Morgan fingerprint density at radius 1 is 0.742 bits per heavy atom. The third kappa shape index (κ3) is 9.39. The molecule has 3 aromatic carbocycles. The first-order valence-corrected chi connectivity index (χ1v) is 24.5. The molecule has 7 rings (SSSR count). The zero-order valence-corrected chi connectivity index (χ0v) is 37.2. The number of aliphatic hydroxyl groups excluding tert-OH is 9. The quantitative estimate of drug-likeness (QED) is 0.0819. The minimum absolute atomic E-state index is 0.00239. The summed E-state index contributed by atoms with van der Waals surface area (Å²) >= 11 is 0. The number of nitrogens with zero attached hydrogens (tertiary/aromatic N) is 2. The van der Waals surface area contributed by atoms with Crippen LogP contribution in [0.25, 0.3) is 0 Å². The maximum Gasteiger partial charge on any atom is 0.264 e. The molecule has 3 aromatic rings. The van der Waals surface area contributed by atoms with Gasteiger partial charge in [-0.2, -0.15) is 0 Å². The van der Waals surface area contributed by atoms with E-state index >= 15 is 4.79 Å². The highest BCUT2D eigenvalue weighted by atomic mass is 28.4. The molecule has 22 heteroatoms. The van der Waals surface area contributed by atoms with Gasteiger partial charge in [0.15, 0.2) is 38.7 Å². The lowest BCUT2D eigenvalue weighted by molar-refractivity contribution is -0.274. The van der Waals surface area contributed by atoms with E-state index in [1.807, 2.05) is 30.3 Å². The molecular weight excluding hydrogens is 885 g/mol. The van der Waals surface area contributed by atoms with Gasteiger partial charge in [0.2, 0.25) is 5.91 Å². The molecule has 0 bridgehead atoms. The molecule has 0 aliphatic carbocycles. The van der Waals surface area contributed by atoms with Crippen LogP contribution in [0, 0.1) is 5.92 Å². The van der Waals surface area contributed by atoms with Crippen molar-refractivity contribution in [1.82, 2.24) is 4.90 Å². The smallest absolute Gasteiger partial charge is 0.264 e. The summed E-state index contributed by atoms with van der Waals surface area (Å²) in [4.78, 5) is 71.0. The molecule has 14 atom stereocenters. The molecule has 1 spiro atoms. The summed E-state index contributed by atoms with van der Waals surface area (Å²) in [5, 5.41) is 96.3. The molecule has 0 saturated carbocycles. The fourth-order valence-corrected chi connectivity index (χ4v) is 12.1. The second-order valence-electron chi connectivity index (χ2n) is 17.7. The predicted octanol–water partition coefficient (Wildman–Crippen LogP) is -2.08. The second kappa shape index (κ2) is 19.5. The van der Waals surface area contributed by atoms with E-state index in [0.717, 1.165) is 5.56 Å². The van der Waals surface area contributed by atoms with E-state index in [2.05, 4.69) is 10.6 Å². The van der Waals surface area contributed by atoms with Crippen molar-refractivity contribution >= 4 is 49.0 Å². The van der Waals surface area contributed by atoms with E-state index in [4.69, 9.17) is 14.2 Å². The number of ether oxygens (including phenoxy) is 3. The molecule has 358 valence electrons. The summed E-state index contributed by atoms with van der Waals surface area (Å²) in [6.07, 6.45) is -20.2. The maximum absolute atomic E-state index is 15.3. The Bertz CT molecular complexity index is 2270. The minimum Gasteiger partial charge on any atom is -0.432 e. The van der Waals surface area contributed by atoms with E-state index in [0.29, 0.717) is 11.3 Å². The minimum atomic E-state index is -3.34. The summed E-state index contributed by atoms with van der Waals surface area (Å²) in [5.41, 5.74) is -0.599. The lowest BCUT2D eigenvalue weighted by atomic mass is 9.82. The molecule has 12 N–H and O–H groups in total. The SMILES string of the molecule is C[C@H]1[C@H]([Si](C)(C)O)[C@@H](CC(=O)N(CCO)Cc2ccccc2)O[C@]12C(=O)N(Cc1cccc(NC(=O)[C@H]3O[C@@H](O)[C@H](O)[C@@H](O)[C@@H]3O)c1)c1ccc(NC(=O)[C@H]3O[C@@H](O)[C@H](O)[C@@H](O)[C@@H]3O)cc12. The van der Waals surface area contributed by atoms with Crippen molar-refractivity contribution in [2.24, 2.45) is 5.92 Å². The predicted molar refractivity (Wildman–Crippen MR) is 232 cm³/mol. The molecule has 4 amide bonds. The van der Waals surface area contributed by atoms with Crippen molar-refractivity contribution in [2.45, 2.75) is 118 Å². The third-order valence-corrected chi connectivity index (χ3v) is 15.3. The molecule has 0 aromatic heterocycles. The van der Waals surface area contributed by atoms with Gasteiger partial charge in [0, 0.05) is 41.5 Å². The number of rotatable bonds is 13. The number of fused-ring (bicyclic) bond motifs is 2. The first-order valence-electron chi connectivity index (χ1n) is 21.4. The van der Waals surface area contributed by atoms with Gasteiger partial charge in [-0.25, -0.2) is 0 Å². The van der Waals surface area contributed by atoms with Crippen molar-refractivity contribution in [3.05, 3.63) is 89.5 Å². The molecule has 0 radical (unpaired) electrons. The Labute approximate surface area is 379 Å². The van der Waals surface area contributed by atoms with E-state index in [1.54, 1.807) is 32.2 Å². The molecule has 0 unspecified atom stereocenters. The normalized spacial score (nSPS) is 33.1. The average molecular weight is 941 g/mol. The van der Waals surface area contributed by atoms with Gasteiger partial charge >= 0.3 is 0 Å². The summed E-state index contributed by atoms with van der Waals surface area (Å²) in [6.45, 7) is 4.77. The monoisotopic (exact) mass is 940 g/mol. The van der Waals surface area contributed by atoms with Gasteiger partial charge < -0.3 is 85.4 Å². The number of hydrogen-bond acceptors (Lipinski definition) is 17. The molecular formula is C44H56N4O17Si. The number of benzene rings is 3. The first-order chi connectivity index (χ1) is 31.2. The zero-order valence-electron chi connectivity index (χ0n) is 36.2. The maximum atomic E-state index is 15.3. The van der Waals surface area contributed by atoms with E-state index in [9.17, 15) is 65.1 Å². The van der Waals surface area contributed by atoms with E-state index in [-0.39, 0.29) is 49.6 Å². The lowest BCUT2D eigenvalue weighted by Gasteiger charge is -2.37. The van der Waals surface area contributed by atoms with Gasteiger partial charge in [0.25, 0.3) is 17.7 Å². The average Bonchev–Trinajstić information content (AvgIpc) is 3.70. The van der Waals surface area contributed by atoms with Crippen LogP contribution in [0.5, 0.6) is 0 Å². The lowest BCUT2D eigenvalue weighted by Crippen LogP contribution is -2.60. The van der Waals surface area contributed by atoms with Gasteiger partial charge in [0.1, 0.15) is 36.6 Å². The molecule has 3 saturated heterocycles. The fourth-order valence-electron chi connectivity index (χ4n) is 9.54. The van der Waals surface area contributed by atoms with Crippen LogP contribution >= 0.6 is 0 Å². The second-order valence-corrected chi connectivity index (χ2v) is 21.7. The van der Waals surface area contributed by atoms with Crippen molar-refractivity contribution in [3.8, 4) is 0 Å². The van der Waals surface area contributed by atoms with Crippen molar-refractivity contribution in [3.63, 3.8) is 0 Å². The Kier molecular flexibility index (Phi) is 14.5. The number of carbonyl (C=O) groups excluding carboxylic acids is 4. The fraction of sp³-hybridized carbons (Fsp3) is 0.500. The summed E-state index contributed by atoms with van der Waals surface area (Å²) in [7, 11) is -3.34. The highest BCUT2D eigenvalue weighted by Gasteiger charge is 2.66. The Morgan fingerprint density at radius 3 is 1.86 bits per heavy atom. The Hall–Kier alpha value is -4.76. The summed E-state index contributed by atoms with van der Waals surface area (Å²) < 4.78 is 17.1. The van der Waals surface area contributed by atoms with Crippen LogP contribution in [0.2, 0.25) is 18.6 Å². The zero-order chi connectivity index (χ0) is 48.0. The van der Waals surface area contributed by atoms with Gasteiger partial charge in [0.05, 0.1) is 31.4 Å². The molecule has 4 aliphatic heterocycles. The van der Waals surface area contributed by atoms with Crippen LogP contribution < -0.4 is 15.5 Å². The van der Waals surface area contributed by atoms with Crippen LogP contribution in [0.3, 0.4) is 0 Å². The van der Waals surface area contributed by atoms with E-state index in [1.165, 1.54) is 40.1 Å². The Balaban J connectivity index is 1.22. The largest absolute Gasteiger partial charge is 0.432 e. The van der Waals surface area contributed by atoms with Crippen LogP contribution in [0.4, 0.5) is 17.1 Å². The van der Waals surface area contributed by atoms with Crippen LogP contribution in [-0.2, 0) is 52.1 Å². The number of anilines is 3. The molecule has 66 heavy (non-hydrogen) atoms. The number of hydrogen-bond donors (Lipinski definition) is 12. The van der Waals surface area contributed by atoms with Gasteiger partial charge in [-0.15, -0.1) is 0 Å². The number of nitrogens with one attached hydrogen (secondary N) is 2. The molecule has 3 fully saturated rings. The standard InChI is InChI=1S/C44H56N4O17Si/c1-21-38(66(2,3)62)28(18-29(50)47(14-15-49)19-22-8-5-4-6-9-22)65-44(21)26-17-25(46-40(58)37-33(54)31(52)35(56)42(60)64-37)12-13-27(26)48(43(44)61)20-23-10-7-11-24(16-23)45-39(57)36-32(53)30(51)34(55)41(59)63-36/h4-13,16-17,21,28,30-38,41-42,49,51-56,59-60,62H,14-15,18-20H2,1-3H3,(H,45,57)(H,46,58)/t21-,28+,30-,31-,32-,33-,34+,35+,36-,37-,38-,41+,42+,44+/m0/s1. The summed E-state index contributed by atoms with van der Waals surface area (Å²) in [6, 6.07) is 19.8. The van der Waals surface area contributed by atoms with Crippen LogP contribution in [0.15, 0.2) is 72.8 Å². The third-order valence-electron chi connectivity index (χ3n) is 12.8. The number of aliphatic hydroxyl groups is 9. The summed E-state index contributed by atoms with van der Waals surface area (Å²) in [5.74, 6) is -3.77. The van der Waals surface area contributed by atoms with Crippen LogP contribution in [0.1, 0.15) is 30.0 Å². The highest BCUT2D eigenvalue weighted by molar-refractivity contribution is 6.71. The number of amides is 4. The molecule has 4 heterocycles. The first kappa shape index (κ1) is 49.1. The van der Waals surface area contributed by atoms with Crippen molar-refractivity contribution in [2.75, 3.05) is 28.7 Å². The van der Waals surface area contributed by atoms with Crippen LogP contribution in [-0.4, -0.2) is 168 Å². The Morgan fingerprint density at radius 2 is 1.30 bits per heavy atom.